The number of hydrogen-bond acceptors (Lipinski definition) is 0. The Morgan fingerprint density at radius 1 is 0.857 bits per heavy atom. The summed E-state index contributed by atoms with van der Waals surface area (Å²) >= 11 is 0. The molecule has 1 aromatic rings. The van der Waals surface area contributed by atoms with E-state index in [2.05, 4.69) is 83.2 Å². The third-order valence-corrected chi connectivity index (χ3v) is 11.8. The van der Waals surface area contributed by atoms with Crippen molar-refractivity contribution in [2.24, 2.45) is 52.3 Å². The SMILES string of the molecule is CC(C)CCCC(C)C1CCC2C3CCC4CC(/C=C/c5ccccc5)=CCC4(C)C3CCC12C. The van der Waals surface area contributed by atoms with Crippen molar-refractivity contribution in [2.45, 2.75) is 105 Å². The van der Waals surface area contributed by atoms with E-state index in [0.29, 0.717) is 10.8 Å². The van der Waals surface area contributed by atoms with Crippen LogP contribution in [0.5, 0.6) is 0 Å². The van der Waals surface area contributed by atoms with Crippen LogP contribution in [0.15, 0.2) is 48.1 Å². The van der Waals surface area contributed by atoms with Gasteiger partial charge in [0.1, 0.15) is 0 Å². The minimum Gasteiger partial charge on any atom is -0.0807 e. The maximum Gasteiger partial charge on any atom is -0.0229 e. The van der Waals surface area contributed by atoms with Gasteiger partial charge in [0.15, 0.2) is 0 Å². The highest BCUT2D eigenvalue weighted by Crippen LogP contribution is 2.68. The zero-order valence-electron chi connectivity index (χ0n) is 23.4. The fourth-order valence-corrected chi connectivity index (χ4v) is 9.84. The molecule has 0 heterocycles. The summed E-state index contributed by atoms with van der Waals surface area (Å²) in [5.74, 6) is 6.61. The smallest absolute Gasteiger partial charge is 0.0229 e. The van der Waals surface area contributed by atoms with Crippen molar-refractivity contribution in [1.82, 2.24) is 0 Å². The van der Waals surface area contributed by atoms with E-state index in [4.69, 9.17) is 0 Å². The van der Waals surface area contributed by atoms with Crippen molar-refractivity contribution in [3.8, 4) is 0 Å². The zero-order chi connectivity index (χ0) is 24.6. The van der Waals surface area contributed by atoms with Gasteiger partial charge in [-0.05, 0) is 109 Å². The lowest BCUT2D eigenvalue weighted by molar-refractivity contribution is -0.101. The monoisotopic (exact) mass is 472 g/mol. The molecular formula is C35H52. The molecule has 0 heteroatoms. The molecule has 0 radical (unpaired) electrons. The number of rotatable bonds is 7. The lowest BCUT2D eigenvalue weighted by Gasteiger charge is -2.60. The number of fused-ring (bicyclic) bond motifs is 5. The molecule has 3 fully saturated rings. The van der Waals surface area contributed by atoms with Crippen LogP contribution in [0.25, 0.3) is 6.08 Å². The van der Waals surface area contributed by atoms with Crippen LogP contribution in [0.2, 0.25) is 0 Å². The minimum absolute atomic E-state index is 0.537. The van der Waals surface area contributed by atoms with E-state index in [0.717, 1.165) is 41.4 Å². The summed E-state index contributed by atoms with van der Waals surface area (Å²) in [7, 11) is 0. The predicted octanol–water partition coefficient (Wildman–Crippen LogP) is 10.4. The van der Waals surface area contributed by atoms with Crippen LogP contribution >= 0.6 is 0 Å². The van der Waals surface area contributed by atoms with E-state index < -0.39 is 0 Å². The van der Waals surface area contributed by atoms with Gasteiger partial charge in [0.05, 0.1) is 0 Å². The van der Waals surface area contributed by atoms with Crippen LogP contribution in [0.1, 0.15) is 111 Å². The molecule has 4 aliphatic rings. The van der Waals surface area contributed by atoms with Crippen molar-refractivity contribution in [2.75, 3.05) is 0 Å². The molecule has 35 heavy (non-hydrogen) atoms. The van der Waals surface area contributed by atoms with Gasteiger partial charge in [-0.1, -0.05) is 108 Å². The van der Waals surface area contributed by atoms with E-state index >= 15 is 0 Å². The van der Waals surface area contributed by atoms with Gasteiger partial charge in [0.25, 0.3) is 0 Å². The molecule has 8 unspecified atom stereocenters. The molecule has 0 bridgehead atoms. The predicted molar refractivity (Wildman–Crippen MR) is 152 cm³/mol. The molecule has 192 valence electrons. The summed E-state index contributed by atoms with van der Waals surface area (Å²) in [6.45, 7) is 12.8. The average molecular weight is 473 g/mol. The molecular weight excluding hydrogens is 420 g/mol. The third kappa shape index (κ3) is 4.85. The Kier molecular flexibility index (Phi) is 7.40. The van der Waals surface area contributed by atoms with Crippen molar-refractivity contribution in [3.05, 3.63) is 53.6 Å². The molecule has 0 spiro atoms. The molecule has 0 aliphatic heterocycles. The maximum atomic E-state index is 2.74. The van der Waals surface area contributed by atoms with Crippen LogP contribution < -0.4 is 0 Å². The maximum absolute atomic E-state index is 2.74. The standard InChI is InChI=1S/C35H52/c1-25(2)10-9-11-26(3)31-18-19-32-30-17-16-29-24-28(15-14-27-12-7-6-8-13-27)20-22-34(29,4)33(30)21-23-35(31,32)5/h6-8,12-15,20,25-26,29-33H,9-11,16-19,21-24H2,1-5H3/b15-14+. The van der Waals surface area contributed by atoms with Gasteiger partial charge in [0, 0.05) is 0 Å². The molecule has 0 amide bonds. The Bertz CT molecular complexity index is 905. The van der Waals surface area contributed by atoms with Crippen LogP contribution in [-0.2, 0) is 0 Å². The molecule has 0 aromatic heterocycles. The lowest BCUT2D eigenvalue weighted by Crippen LogP contribution is -2.52. The van der Waals surface area contributed by atoms with Crippen molar-refractivity contribution in [1.29, 1.82) is 0 Å². The summed E-state index contributed by atoms with van der Waals surface area (Å²) in [5.41, 5.74) is 4.07. The fraction of sp³-hybridized carbons (Fsp3) is 0.714. The highest BCUT2D eigenvalue weighted by molar-refractivity contribution is 5.53. The van der Waals surface area contributed by atoms with Crippen LogP contribution in [0.3, 0.4) is 0 Å². The van der Waals surface area contributed by atoms with Crippen LogP contribution in [-0.4, -0.2) is 0 Å². The summed E-state index contributed by atoms with van der Waals surface area (Å²) in [6, 6.07) is 10.8. The summed E-state index contributed by atoms with van der Waals surface area (Å²) in [5, 5.41) is 0. The van der Waals surface area contributed by atoms with Gasteiger partial charge in [-0.25, -0.2) is 0 Å². The van der Waals surface area contributed by atoms with E-state index in [1.54, 1.807) is 5.57 Å². The first kappa shape index (κ1) is 25.4. The van der Waals surface area contributed by atoms with E-state index in [1.807, 2.05) is 0 Å². The second-order valence-electron chi connectivity index (χ2n) is 14.1. The van der Waals surface area contributed by atoms with Crippen LogP contribution in [0.4, 0.5) is 0 Å². The summed E-state index contributed by atoms with van der Waals surface area (Å²) in [6.07, 6.45) is 23.3. The fourth-order valence-electron chi connectivity index (χ4n) is 9.84. The Morgan fingerprint density at radius 2 is 1.63 bits per heavy atom. The quantitative estimate of drug-likeness (QED) is 0.370. The Hall–Kier alpha value is -1.30. The van der Waals surface area contributed by atoms with Gasteiger partial charge in [-0.15, -0.1) is 0 Å². The van der Waals surface area contributed by atoms with Gasteiger partial charge < -0.3 is 0 Å². The molecule has 0 N–H and O–H groups in total. The van der Waals surface area contributed by atoms with Crippen molar-refractivity contribution in [3.63, 3.8) is 0 Å². The van der Waals surface area contributed by atoms with Crippen molar-refractivity contribution < 1.29 is 0 Å². The number of benzene rings is 1. The highest BCUT2D eigenvalue weighted by Gasteiger charge is 2.60. The average Bonchev–Trinajstić information content (AvgIpc) is 3.20. The number of hydrogen-bond donors (Lipinski definition) is 0. The van der Waals surface area contributed by atoms with E-state index in [-0.39, 0.29) is 0 Å². The normalized spacial score (nSPS) is 39.7. The van der Waals surface area contributed by atoms with E-state index in [9.17, 15) is 0 Å². The number of allylic oxidation sites excluding steroid dienone is 3. The minimum atomic E-state index is 0.537. The second kappa shape index (κ2) is 10.2. The second-order valence-corrected chi connectivity index (χ2v) is 14.1. The molecule has 8 atom stereocenters. The molecule has 4 aliphatic carbocycles. The Morgan fingerprint density at radius 3 is 2.40 bits per heavy atom. The van der Waals surface area contributed by atoms with Gasteiger partial charge in [-0.2, -0.15) is 0 Å². The van der Waals surface area contributed by atoms with Gasteiger partial charge >= 0.3 is 0 Å². The largest absolute Gasteiger partial charge is 0.0807 e. The molecule has 5 rings (SSSR count). The topological polar surface area (TPSA) is 0 Å². The third-order valence-electron chi connectivity index (χ3n) is 11.8. The molecule has 1 aromatic carbocycles. The zero-order valence-corrected chi connectivity index (χ0v) is 23.4. The first-order valence-corrected chi connectivity index (χ1v) is 15.2. The van der Waals surface area contributed by atoms with Gasteiger partial charge in [0.2, 0.25) is 0 Å². The first-order chi connectivity index (χ1) is 16.8. The molecule has 0 saturated heterocycles. The van der Waals surface area contributed by atoms with Crippen LogP contribution in [0, 0.1) is 52.3 Å². The Balaban J connectivity index is 1.27. The summed E-state index contributed by atoms with van der Waals surface area (Å²) in [4.78, 5) is 0. The summed E-state index contributed by atoms with van der Waals surface area (Å²) < 4.78 is 0. The van der Waals surface area contributed by atoms with E-state index in [1.165, 1.54) is 76.2 Å². The highest BCUT2D eigenvalue weighted by atomic mass is 14.6. The first-order valence-electron chi connectivity index (χ1n) is 15.2. The van der Waals surface area contributed by atoms with Crippen molar-refractivity contribution >= 4 is 6.08 Å². The molecule has 0 nitrogen and oxygen atoms in total. The van der Waals surface area contributed by atoms with Gasteiger partial charge in [-0.3, -0.25) is 0 Å². The Labute approximate surface area is 217 Å². The molecule has 3 saturated carbocycles. The lowest BCUT2D eigenvalue weighted by atomic mass is 9.45.